The van der Waals surface area contributed by atoms with Crippen LogP contribution in [0.2, 0.25) is 0 Å². The maximum atomic E-state index is 13.8. The Labute approximate surface area is 238 Å². The molecule has 0 aliphatic carbocycles. The number of nitrogens with one attached hydrogen (secondary N) is 2. The molecule has 4 rings (SSSR count). The van der Waals surface area contributed by atoms with E-state index in [1.165, 1.54) is 26.4 Å². The van der Waals surface area contributed by atoms with E-state index in [1.807, 2.05) is 49.3 Å². The van der Waals surface area contributed by atoms with Crippen molar-refractivity contribution in [2.75, 3.05) is 33.2 Å². The third-order valence-electron chi connectivity index (χ3n) is 6.39. The van der Waals surface area contributed by atoms with E-state index < -0.39 is 6.04 Å². The lowest BCUT2D eigenvalue weighted by Gasteiger charge is -2.30. The minimum atomic E-state index is -0.509. The van der Waals surface area contributed by atoms with E-state index in [9.17, 15) is 15.0 Å². The van der Waals surface area contributed by atoms with Crippen LogP contribution in [0.4, 0.5) is 5.69 Å². The third-order valence-corrected chi connectivity index (χ3v) is 6.61. The van der Waals surface area contributed by atoms with Gasteiger partial charge in [0.15, 0.2) is 33.9 Å². The molecule has 1 atom stereocenters. The summed E-state index contributed by atoms with van der Waals surface area (Å²) in [7, 11) is 6.88. The van der Waals surface area contributed by atoms with Crippen LogP contribution in [0.25, 0.3) is 12.2 Å². The van der Waals surface area contributed by atoms with Gasteiger partial charge < -0.3 is 35.2 Å². The first-order chi connectivity index (χ1) is 19.2. The number of phenols is 2. The number of aromatic hydroxyl groups is 2. The molecule has 3 aromatic carbocycles. The van der Waals surface area contributed by atoms with Crippen LogP contribution in [-0.4, -0.2) is 49.4 Å². The maximum Gasteiger partial charge on any atom is 0.186 e. The molecule has 0 radical (unpaired) electrons. The standard InChI is InChI=1S/C31H31N3O5S/c1-34(2)22-11-9-21(10-12-22)30-29(26(37)16-8-20-7-15-25(36)28(18-20)39-4)23(32-31(40)33-30)13-5-19-6-14-24(35)27(17-19)38-3/h5-18,30,35-36H,1-4H3,(H2,32,33,40)/b13-5+,16-8+. The largest absolute Gasteiger partial charge is 0.504 e. The van der Waals surface area contributed by atoms with Gasteiger partial charge in [0, 0.05) is 31.1 Å². The number of ketones is 1. The molecule has 1 unspecified atom stereocenters. The lowest BCUT2D eigenvalue weighted by molar-refractivity contribution is -0.111. The van der Waals surface area contributed by atoms with E-state index in [0.717, 1.165) is 16.8 Å². The molecule has 0 spiro atoms. The van der Waals surface area contributed by atoms with E-state index in [-0.39, 0.29) is 17.3 Å². The van der Waals surface area contributed by atoms with Crippen molar-refractivity contribution in [1.82, 2.24) is 10.6 Å². The topological polar surface area (TPSA) is 103 Å². The van der Waals surface area contributed by atoms with Gasteiger partial charge in [-0.1, -0.05) is 36.4 Å². The van der Waals surface area contributed by atoms with Gasteiger partial charge in [-0.3, -0.25) is 4.79 Å². The minimum absolute atomic E-state index is 0.0161. The normalized spacial score (nSPS) is 15.2. The number of methoxy groups -OCH3 is 2. The van der Waals surface area contributed by atoms with Crippen LogP contribution in [0.15, 0.2) is 84.1 Å². The zero-order valence-corrected chi connectivity index (χ0v) is 23.5. The predicted octanol–water partition coefficient (Wildman–Crippen LogP) is 4.95. The van der Waals surface area contributed by atoms with Crippen LogP contribution >= 0.6 is 12.2 Å². The average molecular weight is 558 g/mol. The Morgan fingerprint density at radius 2 is 1.45 bits per heavy atom. The Morgan fingerprint density at radius 1 is 0.875 bits per heavy atom. The molecule has 0 bridgehead atoms. The molecular weight excluding hydrogens is 526 g/mol. The summed E-state index contributed by atoms with van der Waals surface area (Å²) in [5.41, 5.74) is 4.36. The van der Waals surface area contributed by atoms with Crippen molar-refractivity contribution in [3.63, 3.8) is 0 Å². The molecule has 4 N–H and O–H groups in total. The van der Waals surface area contributed by atoms with Crippen molar-refractivity contribution >= 4 is 41.0 Å². The van der Waals surface area contributed by atoms with Gasteiger partial charge in [-0.05, 0) is 77.5 Å². The highest BCUT2D eigenvalue weighted by atomic mass is 32.1. The van der Waals surface area contributed by atoms with E-state index in [0.29, 0.717) is 33.4 Å². The van der Waals surface area contributed by atoms with Crippen LogP contribution < -0.4 is 25.0 Å². The SMILES string of the molecule is COc1cc(/C=C/C(=O)C2=C(/C=C/c3ccc(O)c(OC)c3)NC(=S)NC2c2ccc(N(C)C)cc2)ccc1O. The summed E-state index contributed by atoms with van der Waals surface area (Å²) in [5.74, 6) is 0.467. The number of ether oxygens (including phenoxy) is 2. The second kappa shape index (κ2) is 12.4. The van der Waals surface area contributed by atoms with E-state index in [1.54, 1.807) is 42.5 Å². The van der Waals surface area contributed by atoms with E-state index in [2.05, 4.69) is 10.6 Å². The van der Waals surface area contributed by atoms with Gasteiger partial charge in [-0.25, -0.2) is 0 Å². The molecule has 8 nitrogen and oxygen atoms in total. The molecule has 3 aromatic rings. The van der Waals surface area contributed by atoms with Gasteiger partial charge in [0.2, 0.25) is 0 Å². The number of benzene rings is 3. The summed E-state index contributed by atoms with van der Waals surface area (Å²) in [6.07, 6.45) is 6.75. The Kier molecular flexibility index (Phi) is 8.76. The molecule has 0 aromatic heterocycles. The second-order valence-electron chi connectivity index (χ2n) is 9.24. The van der Waals surface area contributed by atoms with Gasteiger partial charge in [0.25, 0.3) is 0 Å². The van der Waals surface area contributed by atoms with Crippen LogP contribution in [-0.2, 0) is 4.79 Å². The number of thiocarbonyl (C=S) groups is 1. The summed E-state index contributed by atoms with van der Waals surface area (Å²) in [6, 6.07) is 17.2. The van der Waals surface area contributed by atoms with Crippen molar-refractivity contribution in [1.29, 1.82) is 0 Å². The summed E-state index contributed by atoms with van der Waals surface area (Å²) in [5, 5.41) is 26.6. The number of carbonyl (C=O) groups excluding carboxylic acids is 1. The van der Waals surface area contributed by atoms with Gasteiger partial charge in [0.1, 0.15) is 0 Å². The zero-order valence-electron chi connectivity index (χ0n) is 22.6. The number of hydrogen-bond donors (Lipinski definition) is 4. The van der Waals surface area contributed by atoms with Gasteiger partial charge in [-0.15, -0.1) is 0 Å². The first kappa shape index (κ1) is 28.3. The summed E-state index contributed by atoms with van der Waals surface area (Å²) < 4.78 is 10.4. The summed E-state index contributed by atoms with van der Waals surface area (Å²) in [6.45, 7) is 0. The summed E-state index contributed by atoms with van der Waals surface area (Å²) in [4.78, 5) is 15.8. The number of hydrogen-bond acceptors (Lipinski definition) is 7. The van der Waals surface area contributed by atoms with Gasteiger partial charge in [-0.2, -0.15) is 0 Å². The van der Waals surface area contributed by atoms with Crippen molar-refractivity contribution < 1.29 is 24.5 Å². The zero-order chi connectivity index (χ0) is 28.8. The highest BCUT2D eigenvalue weighted by molar-refractivity contribution is 7.80. The Bertz CT molecular complexity index is 1510. The maximum absolute atomic E-state index is 13.8. The van der Waals surface area contributed by atoms with Gasteiger partial charge in [0.05, 0.1) is 20.3 Å². The number of nitrogens with zero attached hydrogens (tertiary/aromatic N) is 1. The van der Waals surface area contributed by atoms with Crippen LogP contribution in [0, 0.1) is 0 Å². The van der Waals surface area contributed by atoms with Crippen molar-refractivity contribution in [2.45, 2.75) is 6.04 Å². The monoisotopic (exact) mass is 557 g/mol. The average Bonchev–Trinajstić information content (AvgIpc) is 2.95. The number of allylic oxidation sites excluding steroid dienone is 2. The molecule has 1 heterocycles. The van der Waals surface area contributed by atoms with Crippen molar-refractivity contribution in [3.8, 4) is 23.0 Å². The fraction of sp³-hybridized carbons (Fsp3) is 0.161. The van der Waals surface area contributed by atoms with Crippen LogP contribution in [0.5, 0.6) is 23.0 Å². The Morgan fingerprint density at radius 3 is 2.00 bits per heavy atom. The van der Waals surface area contributed by atoms with E-state index >= 15 is 0 Å². The first-order valence-electron chi connectivity index (χ1n) is 12.4. The lowest BCUT2D eigenvalue weighted by Crippen LogP contribution is -2.45. The third kappa shape index (κ3) is 6.44. The molecule has 0 saturated carbocycles. The van der Waals surface area contributed by atoms with Crippen molar-refractivity contribution in [3.05, 3.63) is 101 Å². The number of phenolic OH excluding ortho intramolecular Hbond substituents is 2. The fourth-order valence-corrected chi connectivity index (χ4v) is 4.47. The molecule has 0 fully saturated rings. The molecule has 40 heavy (non-hydrogen) atoms. The second-order valence-corrected chi connectivity index (χ2v) is 9.65. The highest BCUT2D eigenvalue weighted by Crippen LogP contribution is 2.32. The molecule has 0 saturated heterocycles. The molecule has 0 amide bonds. The molecule has 1 aliphatic rings. The molecule has 9 heteroatoms. The quantitative estimate of drug-likeness (QED) is 0.215. The first-order valence-corrected chi connectivity index (χ1v) is 12.8. The Hall–Kier alpha value is -4.76. The molecule has 1 aliphatic heterocycles. The molecule has 206 valence electrons. The van der Waals surface area contributed by atoms with Gasteiger partial charge >= 0.3 is 0 Å². The fourth-order valence-electron chi connectivity index (χ4n) is 4.24. The Balaban J connectivity index is 1.77. The summed E-state index contributed by atoms with van der Waals surface area (Å²) >= 11 is 5.52. The molecular formula is C31H31N3O5S. The van der Waals surface area contributed by atoms with Crippen LogP contribution in [0.3, 0.4) is 0 Å². The predicted molar refractivity (Wildman–Crippen MR) is 162 cm³/mol. The van der Waals surface area contributed by atoms with Crippen LogP contribution in [0.1, 0.15) is 22.7 Å². The number of rotatable bonds is 9. The highest BCUT2D eigenvalue weighted by Gasteiger charge is 2.29. The smallest absolute Gasteiger partial charge is 0.186 e. The van der Waals surface area contributed by atoms with Crippen molar-refractivity contribution in [2.24, 2.45) is 0 Å². The number of anilines is 1. The lowest BCUT2D eigenvalue weighted by atomic mass is 9.91. The minimum Gasteiger partial charge on any atom is -0.504 e. The number of carbonyl (C=O) groups is 1. The van der Waals surface area contributed by atoms with E-state index in [4.69, 9.17) is 21.7 Å².